The summed E-state index contributed by atoms with van der Waals surface area (Å²) < 4.78 is 2.32. The lowest BCUT2D eigenvalue weighted by molar-refractivity contribution is 0.0214. The van der Waals surface area contributed by atoms with Gasteiger partial charge in [-0.05, 0) is 91.1 Å². The fourth-order valence-electron chi connectivity index (χ4n) is 5.91. The van der Waals surface area contributed by atoms with E-state index in [-0.39, 0.29) is 24.1 Å². The van der Waals surface area contributed by atoms with E-state index in [9.17, 15) is 14.7 Å². The lowest BCUT2D eigenvalue weighted by Gasteiger charge is -2.38. The second kappa shape index (κ2) is 10.2. The van der Waals surface area contributed by atoms with Crippen LogP contribution in [0.25, 0.3) is 10.9 Å². The van der Waals surface area contributed by atoms with Gasteiger partial charge >= 0.3 is 0 Å². The molecule has 1 aliphatic rings. The van der Waals surface area contributed by atoms with Crippen LogP contribution in [0.3, 0.4) is 0 Å². The molecule has 0 spiro atoms. The molecular weight excluding hydrogens is 452 g/mol. The predicted molar refractivity (Wildman–Crippen MR) is 145 cm³/mol. The van der Waals surface area contributed by atoms with Crippen LogP contribution < -0.4 is 10.9 Å². The molecule has 1 aliphatic heterocycles. The second-order valence-electron chi connectivity index (χ2n) is 11.1. The number of para-hydroxylation sites is 1. The van der Waals surface area contributed by atoms with Crippen molar-refractivity contribution in [2.75, 3.05) is 19.6 Å². The predicted octanol–water partition coefficient (Wildman–Crippen LogP) is 4.23. The van der Waals surface area contributed by atoms with E-state index >= 15 is 0 Å². The number of aromatic nitrogens is 2. The Balaban J connectivity index is 1.57. The summed E-state index contributed by atoms with van der Waals surface area (Å²) in [7, 11) is 0. The third-order valence-electron chi connectivity index (χ3n) is 7.63. The molecule has 1 fully saturated rings. The van der Waals surface area contributed by atoms with Crippen molar-refractivity contribution < 1.29 is 9.90 Å². The highest BCUT2D eigenvalue weighted by Gasteiger charge is 2.30. The number of pyridine rings is 1. The molecule has 3 aromatic rings. The van der Waals surface area contributed by atoms with E-state index in [4.69, 9.17) is 0 Å². The Hall–Kier alpha value is -2.90. The number of likely N-dealkylation sites (tertiary alicyclic amines) is 1. The van der Waals surface area contributed by atoms with Gasteiger partial charge in [0.05, 0.1) is 11.2 Å². The molecule has 3 N–H and O–H groups in total. The van der Waals surface area contributed by atoms with E-state index in [1.54, 1.807) is 0 Å². The number of aliphatic hydroxyl groups is 1. The van der Waals surface area contributed by atoms with E-state index in [0.717, 1.165) is 53.8 Å². The summed E-state index contributed by atoms with van der Waals surface area (Å²) >= 11 is 0. The van der Waals surface area contributed by atoms with Gasteiger partial charge in [0.15, 0.2) is 0 Å². The monoisotopic (exact) mass is 492 g/mol. The number of hydrogen-bond donors (Lipinski definition) is 3. The van der Waals surface area contributed by atoms with Gasteiger partial charge in [-0.1, -0.05) is 18.2 Å². The Morgan fingerprint density at radius 3 is 2.50 bits per heavy atom. The number of piperidine rings is 1. The minimum absolute atomic E-state index is 0.156. The van der Waals surface area contributed by atoms with E-state index in [1.165, 1.54) is 0 Å². The van der Waals surface area contributed by atoms with Gasteiger partial charge in [-0.3, -0.25) is 9.59 Å². The van der Waals surface area contributed by atoms with Gasteiger partial charge in [-0.25, -0.2) is 0 Å². The maximum Gasteiger partial charge on any atom is 0.254 e. The smallest absolute Gasteiger partial charge is 0.254 e. The SMILES string of the molecule is Cc1cc(C)c(CNC(=O)c2c(C)n(C(C)C3CCN(CC(C)(C)O)CC3)c3ccccc23)c(=O)[nH]1. The summed E-state index contributed by atoms with van der Waals surface area (Å²) in [6, 6.07) is 10.3. The van der Waals surface area contributed by atoms with Crippen molar-refractivity contribution in [3.05, 3.63) is 68.8 Å². The summed E-state index contributed by atoms with van der Waals surface area (Å²) in [6.07, 6.45) is 2.11. The number of benzene rings is 1. The Morgan fingerprint density at radius 1 is 1.19 bits per heavy atom. The van der Waals surface area contributed by atoms with Crippen LogP contribution in [0, 0.1) is 26.7 Å². The molecule has 4 rings (SSSR count). The minimum atomic E-state index is -0.685. The number of β-amino-alcohol motifs (C(OH)–C–C–N with tert-alkyl or cyclic N) is 1. The largest absolute Gasteiger partial charge is 0.389 e. The number of rotatable bonds is 7. The van der Waals surface area contributed by atoms with Crippen LogP contribution in [0.5, 0.6) is 0 Å². The quantitative estimate of drug-likeness (QED) is 0.460. The number of nitrogens with zero attached hydrogens (tertiary/aromatic N) is 2. The van der Waals surface area contributed by atoms with Crippen LogP contribution in [0.1, 0.15) is 72.5 Å². The molecule has 0 radical (unpaired) electrons. The topological polar surface area (TPSA) is 90.4 Å². The molecular formula is C29H40N4O3. The fraction of sp³-hybridized carbons (Fsp3) is 0.517. The number of amides is 1. The molecule has 1 aromatic carbocycles. The van der Waals surface area contributed by atoms with Crippen molar-refractivity contribution in [3.63, 3.8) is 0 Å². The van der Waals surface area contributed by atoms with Crippen LogP contribution in [0.15, 0.2) is 35.1 Å². The third-order valence-corrected chi connectivity index (χ3v) is 7.63. The molecule has 1 atom stereocenters. The average molecular weight is 493 g/mol. The zero-order valence-corrected chi connectivity index (χ0v) is 22.4. The summed E-state index contributed by atoms with van der Waals surface area (Å²) in [5.41, 5.74) is 4.13. The number of aromatic amines is 1. The van der Waals surface area contributed by atoms with Crippen molar-refractivity contribution >= 4 is 16.8 Å². The van der Waals surface area contributed by atoms with E-state index < -0.39 is 5.60 Å². The van der Waals surface area contributed by atoms with Crippen LogP contribution >= 0.6 is 0 Å². The van der Waals surface area contributed by atoms with Gasteiger partial charge < -0.3 is 24.9 Å². The molecule has 0 saturated carbocycles. The molecule has 7 nitrogen and oxygen atoms in total. The van der Waals surface area contributed by atoms with Crippen LogP contribution in [-0.2, 0) is 6.54 Å². The van der Waals surface area contributed by atoms with Crippen molar-refractivity contribution in [2.24, 2.45) is 5.92 Å². The maximum absolute atomic E-state index is 13.5. The molecule has 1 unspecified atom stereocenters. The highest BCUT2D eigenvalue weighted by molar-refractivity contribution is 6.08. The van der Waals surface area contributed by atoms with Crippen LogP contribution in [0.4, 0.5) is 0 Å². The van der Waals surface area contributed by atoms with Crippen molar-refractivity contribution in [3.8, 4) is 0 Å². The first-order chi connectivity index (χ1) is 17.0. The summed E-state index contributed by atoms with van der Waals surface area (Å²) in [6.45, 7) is 14.6. The molecule has 0 bridgehead atoms. The number of nitrogens with one attached hydrogen (secondary N) is 2. The average Bonchev–Trinajstić information content (AvgIpc) is 3.09. The minimum Gasteiger partial charge on any atom is -0.389 e. The zero-order chi connectivity index (χ0) is 26.2. The van der Waals surface area contributed by atoms with Crippen molar-refractivity contribution in [1.82, 2.24) is 19.8 Å². The highest BCUT2D eigenvalue weighted by atomic mass is 16.3. The Morgan fingerprint density at radius 2 is 1.86 bits per heavy atom. The van der Waals surface area contributed by atoms with Gasteiger partial charge in [0.2, 0.25) is 0 Å². The lowest BCUT2D eigenvalue weighted by Crippen LogP contribution is -2.43. The standard InChI is InChI=1S/C29H40N4O3/c1-18-15-19(2)31-27(34)24(18)16-30-28(35)26-21(4)33(25-10-8-7-9-23(25)26)20(3)22-11-13-32(14-12-22)17-29(5,6)36/h7-10,15,20,22,36H,11-14,16-17H2,1-6H3,(H,30,35)(H,31,34). The summed E-state index contributed by atoms with van der Waals surface area (Å²) in [5, 5.41) is 14.1. The van der Waals surface area contributed by atoms with Crippen molar-refractivity contribution in [2.45, 2.75) is 72.6 Å². The van der Waals surface area contributed by atoms with Crippen LogP contribution in [0.2, 0.25) is 0 Å². The number of aryl methyl sites for hydroxylation is 2. The Bertz CT molecular complexity index is 1310. The highest BCUT2D eigenvalue weighted by Crippen LogP contribution is 2.36. The number of fused-ring (bicyclic) bond motifs is 1. The fourth-order valence-corrected chi connectivity index (χ4v) is 5.91. The first-order valence-corrected chi connectivity index (χ1v) is 13.0. The number of carbonyl (C=O) groups is 1. The molecule has 1 amide bonds. The second-order valence-corrected chi connectivity index (χ2v) is 11.1. The van der Waals surface area contributed by atoms with Gasteiger partial charge in [0.25, 0.3) is 11.5 Å². The third kappa shape index (κ3) is 5.42. The van der Waals surface area contributed by atoms with E-state index in [1.807, 2.05) is 58.9 Å². The summed E-state index contributed by atoms with van der Waals surface area (Å²) in [4.78, 5) is 31.1. The van der Waals surface area contributed by atoms with Gasteiger partial charge in [-0.15, -0.1) is 0 Å². The van der Waals surface area contributed by atoms with Gasteiger partial charge in [0, 0.05) is 47.0 Å². The lowest BCUT2D eigenvalue weighted by atomic mass is 9.89. The molecule has 3 heterocycles. The van der Waals surface area contributed by atoms with Gasteiger partial charge in [-0.2, -0.15) is 0 Å². The molecule has 2 aromatic heterocycles. The number of hydrogen-bond acceptors (Lipinski definition) is 4. The summed E-state index contributed by atoms with van der Waals surface area (Å²) in [5.74, 6) is 0.330. The zero-order valence-electron chi connectivity index (χ0n) is 22.4. The first kappa shape index (κ1) is 26.2. The number of carbonyl (C=O) groups excluding carboxylic acids is 1. The first-order valence-electron chi connectivity index (χ1n) is 13.0. The number of H-pyrrole nitrogens is 1. The van der Waals surface area contributed by atoms with Crippen molar-refractivity contribution in [1.29, 1.82) is 0 Å². The van der Waals surface area contributed by atoms with Gasteiger partial charge in [0.1, 0.15) is 0 Å². The molecule has 0 aliphatic carbocycles. The molecule has 7 heteroatoms. The van der Waals surface area contributed by atoms with Crippen LogP contribution in [-0.4, -0.2) is 50.7 Å². The van der Waals surface area contributed by atoms with E-state index in [0.29, 0.717) is 23.6 Å². The van der Waals surface area contributed by atoms with E-state index in [2.05, 4.69) is 32.8 Å². The Labute approximate surface area is 213 Å². The molecule has 194 valence electrons. The molecule has 1 saturated heterocycles. The maximum atomic E-state index is 13.5. The normalized spacial score (nSPS) is 16.4. The molecule has 36 heavy (non-hydrogen) atoms. The Kier molecular flexibility index (Phi) is 7.43.